The maximum absolute atomic E-state index is 13.1. The van der Waals surface area contributed by atoms with E-state index in [-0.39, 0.29) is 5.56 Å². The molecule has 0 radical (unpaired) electrons. The van der Waals surface area contributed by atoms with Crippen LogP contribution in [0.2, 0.25) is 0 Å². The predicted octanol–water partition coefficient (Wildman–Crippen LogP) is 4.85. The second-order valence-corrected chi connectivity index (χ2v) is 8.33. The lowest BCUT2D eigenvalue weighted by Crippen LogP contribution is -2.23. The van der Waals surface area contributed by atoms with E-state index in [1.165, 1.54) is 16.9 Å². The molecule has 142 valence electrons. The van der Waals surface area contributed by atoms with Crippen molar-refractivity contribution in [3.63, 3.8) is 0 Å². The number of hydrogen-bond acceptors (Lipinski definition) is 5. The van der Waals surface area contributed by atoms with Gasteiger partial charge in [-0.1, -0.05) is 54.2 Å². The second kappa shape index (κ2) is 8.63. The Morgan fingerprint density at radius 2 is 1.82 bits per heavy atom. The summed E-state index contributed by atoms with van der Waals surface area (Å²) in [6.45, 7) is 0.497. The van der Waals surface area contributed by atoms with Crippen LogP contribution in [-0.2, 0) is 13.0 Å². The van der Waals surface area contributed by atoms with Gasteiger partial charge in [0.1, 0.15) is 10.4 Å². The van der Waals surface area contributed by atoms with Crippen molar-refractivity contribution < 1.29 is 4.74 Å². The minimum absolute atomic E-state index is 0.0260. The minimum Gasteiger partial charge on any atom is -0.497 e. The molecule has 0 aliphatic heterocycles. The second-order valence-electron chi connectivity index (χ2n) is 6.35. The van der Waals surface area contributed by atoms with Gasteiger partial charge in [-0.15, -0.1) is 11.3 Å². The molecule has 0 unspecified atom stereocenters. The number of fused-ring (bicyclic) bond motifs is 1. The normalized spacial score (nSPS) is 11.0. The van der Waals surface area contributed by atoms with Gasteiger partial charge < -0.3 is 4.74 Å². The van der Waals surface area contributed by atoms with E-state index in [2.05, 4.69) is 24.3 Å². The van der Waals surface area contributed by atoms with E-state index in [0.717, 1.165) is 34.2 Å². The zero-order chi connectivity index (χ0) is 19.3. The zero-order valence-corrected chi connectivity index (χ0v) is 17.1. The van der Waals surface area contributed by atoms with E-state index in [1.807, 2.05) is 41.8 Å². The molecule has 4 aromatic rings. The first kappa shape index (κ1) is 18.8. The van der Waals surface area contributed by atoms with Crippen molar-refractivity contribution in [3.8, 4) is 5.75 Å². The largest absolute Gasteiger partial charge is 0.497 e. The molecule has 6 heteroatoms. The Morgan fingerprint density at radius 3 is 2.57 bits per heavy atom. The Labute approximate surface area is 171 Å². The highest BCUT2D eigenvalue weighted by Crippen LogP contribution is 2.23. The first-order valence-electron chi connectivity index (χ1n) is 9.02. The standard InChI is InChI=1S/C22H20N2O2S2/c1-26-18-9-7-17(8-10-18)15-24-21(25)20-19(12-14-27-20)23-22(24)28-13-11-16-5-3-2-4-6-16/h2-10,12,14H,11,13,15H2,1H3. The van der Waals surface area contributed by atoms with Gasteiger partial charge in [-0.2, -0.15) is 0 Å². The lowest BCUT2D eigenvalue weighted by atomic mass is 10.2. The van der Waals surface area contributed by atoms with Crippen molar-refractivity contribution in [3.05, 3.63) is 87.5 Å². The van der Waals surface area contributed by atoms with Gasteiger partial charge in [-0.05, 0) is 41.1 Å². The van der Waals surface area contributed by atoms with Crippen molar-refractivity contribution in [2.24, 2.45) is 0 Å². The number of benzene rings is 2. The fourth-order valence-electron chi connectivity index (χ4n) is 2.99. The van der Waals surface area contributed by atoms with Gasteiger partial charge in [-0.25, -0.2) is 4.98 Å². The summed E-state index contributed by atoms with van der Waals surface area (Å²) in [6, 6.07) is 20.1. The van der Waals surface area contributed by atoms with Gasteiger partial charge in [0.25, 0.3) is 5.56 Å². The average Bonchev–Trinajstić information content (AvgIpc) is 3.21. The number of methoxy groups -OCH3 is 1. The smallest absolute Gasteiger partial charge is 0.272 e. The number of hydrogen-bond donors (Lipinski definition) is 0. The lowest BCUT2D eigenvalue weighted by Gasteiger charge is -2.12. The van der Waals surface area contributed by atoms with Crippen molar-refractivity contribution >= 4 is 33.3 Å². The van der Waals surface area contributed by atoms with Crippen LogP contribution in [0.5, 0.6) is 5.75 Å². The molecule has 4 nitrogen and oxygen atoms in total. The van der Waals surface area contributed by atoms with E-state index in [4.69, 9.17) is 9.72 Å². The Bertz CT molecular complexity index is 1120. The lowest BCUT2D eigenvalue weighted by molar-refractivity contribution is 0.414. The van der Waals surface area contributed by atoms with Gasteiger partial charge in [0, 0.05) is 5.75 Å². The topological polar surface area (TPSA) is 44.1 Å². The SMILES string of the molecule is COc1ccc(Cn2c(SCCc3ccccc3)nc3ccsc3c2=O)cc1. The van der Waals surface area contributed by atoms with Crippen LogP contribution in [0.3, 0.4) is 0 Å². The molecule has 0 saturated heterocycles. The van der Waals surface area contributed by atoms with Gasteiger partial charge >= 0.3 is 0 Å². The van der Waals surface area contributed by atoms with Crippen LogP contribution in [0.25, 0.3) is 10.2 Å². The number of ether oxygens (including phenoxy) is 1. The summed E-state index contributed by atoms with van der Waals surface area (Å²) in [4.78, 5) is 17.8. The third kappa shape index (κ3) is 4.13. The Hall–Kier alpha value is -2.57. The van der Waals surface area contributed by atoms with Gasteiger partial charge in [-0.3, -0.25) is 9.36 Å². The van der Waals surface area contributed by atoms with Crippen molar-refractivity contribution in [2.45, 2.75) is 18.1 Å². The highest BCUT2D eigenvalue weighted by atomic mass is 32.2. The molecule has 0 fully saturated rings. The van der Waals surface area contributed by atoms with E-state index in [9.17, 15) is 4.79 Å². The highest BCUT2D eigenvalue weighted by Gasteiger charge is 2.13. The van der Waals surface area contributed by atoms with Gasteiger partial charge in [0.15, 0.2) is 5.16 Å². The third-order valence-electron chi connectivity index (χ3n) is 4.50. The molecular formula is C22H20N2O2S2. The number of thioether (sulfide) groups is 1. The molecule has 0 atom stereocenters. The molecule has 2 heterocycles. The molecule has 0 amide bonds. The quantitative estimate of drug-likeness (QED) is 0.324. The highest BCUT2D eigenvalue weighted by molar-refractivity contribution is 7.99. The maximum Gasteiger partial charge on any atom is 0.272 e. The van der Waals surface area contributed by atoms with Crippen molar-refractivity contribution in [1.82, 2.24) is 9.55 Å². The summed E-state index contributed by atoms with van der Waals surface area (Å²) in [5, 5.41) is 2.69. The Balaban J connectivity index is 1.61. The number of aryl methyl sites for hydroxylation is 1. The van der Waals surface area contributed by atoms with Gasteiger partial charge in [0.05, 0.1) is 19.2 Å². The van der Waals surface area contributed by atoms with Crippen LogP contribution >= 0.6 is 23.1 Å². The summed E-state index contributed by atoms with van der Waals surface area (Å²) in [5.74, 6) is 1.68. The third-order valence-corrected chi connectivity index (χ3v) is 6.37. The molecule has 0 aliphatic carbocycles. The summed E-state index contributed by atoms with van der Waals surface area (Å²) < 4.78 is 7.72. The number of aromatic nitrogens is 2. The van der Waals surface area contributed by atoms with Crippen LogP contribution in [0.4, 0.5) is 0 Å². The predicted molar refractivity (Wildman–Crippen MR) is 117 cm³/mol. The van der Waals surface area contributed by atoms with E-state index in [1.54, 1.807) is 23.4 Å². The number of nitrogens with zero attached hydrogens (tertiary/aromatic N) is 2. The van der Waals surface area contributed by atoms with Crippen LogP contribution in [-0.4, -0.2) is 22.4 Å². The average molecular weight is 409 g/mol. The maximum atomic E-state index is 13.1. The summed E-state index contributed by atoms with van der Waals surface area (Å²) in [5.41, 5.74) is 3.14. The molecule has 0 N–H and O–H groups in total. The molecule has 0 saturated carbocycles. The Kier molecular flexibility index (Phi) is 5.78. The molecule has 4 rings (SSSR count). The molecule has 2 aromatic heterocycles. The molecular weight excluding hydrogens is 388 g/mol. The minimum atomic E-state index is 0.0260. The summed E-state index contributed by atoms with van der Waals surface area (Å²) >= 11 is 3.08. The monoisotopic (exact) mass is 408 g/mol. The number of thiophene rings is 1. The Morgan fingerprint density at radius 1 is 1.04 bits per heavy atom. The molecule has 0 bridgehead atoms. The van der Waals surface area contributed by atoms with Crippen LogP contribution in [0.1, 0.15) is 11.1 Å². The van der Waals surface area contributed by atoms with E-state index < -0.39 is 0 Å². The first-order valence-corrected chi connectivity index (χ1v) is 10.9. The molecule has 0 aliphatic rings. The fourth-order valence-corrected chi connectivity index (χ4v) is 4.76. The van der Waals surface area contributed by atoms with E-state index in [0.29, 0.717) is 11.2 Å². The summed E-state index contributed by atoms with van der Waals surface area (Å²) in [7, 11) is 1.65. The van der Waals surface area contributed by atoms with Crippen LogP contribution < -0.4 is 10.3 Å². The van der Waals surface area contributed by atoms with Crippen molar-refractivity contribution in [2.75, 3.05) is 12.9 Å². The van der Waals surface area contributed by atoms with E-state index >= 15 is 0 Å². The molecule has 2 aromatic carbocycles. The van der Waals surface area contributed by atoms with Crippen LogP contribution in [0, 0.1) is 0 Å². The van der Waals surface area contributed by atoms with Gasteiger partial charge in [0.2, 0.25) is 0 Å². The fraction of sp³-hybridized carbons (Fsp3) is 0.182. The van der Waals surface area contributed by atoms with Crippen molar-refractivity contribution in [1.29, 1.82) is 0 Å². The molecule has 0 spiro atoms. The van der Waals surface area contributed by atoms with Crippen LogP contribution in [0.15, 0.2) is 76.0 Å². The summed E-state index contributed by atoms with van der Waals surface area (Å²) in [6.07, 6.45) is 0.936. The zero-order valence-electron chi connectivity index (χ0n) is 15.5. The first-order chi connectivity index (χ1) is 13.7. The number of rotatable bonds is 7. The molecule has 28 heavy (non-hydrogen) atoms.